The van der Waals surface area contributed by atoms with Gasteiger partial charge in [-0.2, -0.15) is 0 Å². The fraction of sp³-hybridized carbons (Fsp3) is 1.00. The summed E-state index contributed by atoms with van der Waals surface area (Å²) in [6, 6.07) is 0.893. The van der Waals surface area contributed by atoms with Crippen LogP contribution in [-0.4, -0.2) is 48.6 Å². The number of hydrogen-bond donors (Lipinski definition) is 0. The van der Waals surface area contributed by atoms with Crippen molar-refractivity contribution in [1.82, 2.24) is 9.80 Å². The highest BCUT2D eigenvalue weighted by atomic mass is 15.3. The van der Waals surface area contributed by atoms with Crippen molar-refractivity contribution in [2.75, 3.05) is 32.7 Å². The molecule has 2 nitrogen and oxygen atoms in total. The summed E-state index contributed by atoms with van der Waals surface area (Å²) in [5.74, 6) is 1.05. The van der Waals surface area contributed by atoms with Crippen LogP contribution < -0.4 is 0 Å². The first-order chi connectivity index (χ1) is 9.24. The van der Waals surface area contributed by atoms with Gasteiger partial charge in [-0.05, 0) is 69.5 Å². The van der Waals surface area contributed by atoms with Crippen LogP contribution in [-0.2, 0) is 0 Å². The van der Waals surface area contributed by atoms with Crippen molar-refractivity contribution in [1.29, 1.82) is 0 Å². The first-order valence-electron chi connectivity index (χ1n) is 8.71. The fourth-order valence-electron chi connectivity index (χ4n) is 4.59. The zero-order valence-corrected chi connectivity index (χ0v) is 13.0. The number of nitrogens with zero attached hydrogens (tertiary/aromatic N) is 2. The average molecular weight is 264 g/mol. The Morgan fingerprint density at radius 2 is 1.58 bits per heavy atom. The summed E-state index contributed by atoms with van der Waals surface area (Å²) in [6.45, 7) is 11.3. The highest BCUT2D eigenvalue weighted by molar-refractivity contribution is 4.95. The zero-order chi connectivity index (χ0) is 13.3. The highest BCUT2D eigenvalue weighted by Crippen LogP contribution is 2.47. The summed E-state index contributed by atoms with van der Waals surface area (Å²) >= 11 is 0. The van der Waals surface area contributed by atoms with E-state index in [4.69, 9.17) is 0 Å². The lowest BCUT2D eigenvalue weighted by Crippen LogP contribution is -2.61. The van der Waals surface area contributed by atoms with E-state index in [2.05, 4.69) is 23.6 Å². The summed E-state index contributed by atoms with van der Waals surface area (Å²) in [6.07, 6.45) is 10.5. The third-order valence-electron chi connectivity index (χ3n) is 6.50. The number of hydrogen-bond acceptors (Lipinski definition) is 2. The molecule has 2 aliphatic heterocycles. The summed E-state index contributed by atoms with van der Waals surface area (Å²) < 4.78 is 0. The smallest absolute Gasteiger partial charge is 0.0350 e. The maximum atomic E-state index is 2.79. The van der Waals surface area contributed by atoms with Crippen LogP contribution in [0.5, 0.6) is 0 Å². The highest BCUT2D eigenvalue weighted by Gasteiger charge is 2.40. The van der Waals surface area contributed by atoms with Gasteiger partial charge in [0.2, 0.25) is 0 Å². The Hall–Kier alpha value is -0.0800. The maximum absolute atomic E-state index is 2.79. The maximum Gasteiger partial charge on any atom is 0.0350 e. The van der Waals surface area contributed by atoms with Crippen LogP contribution in [0.2, 0.25) is 0 Å². The van der Waals surface area contributed by atoms with Crippen molar-refractivity contribution in [3.8, 4) is 0 Å². The van der Waals surface area contributed by atoms with Gasteiger partial charge in [0.1, 0.15) is 0 Å². The van der Waals surface area contributed by atoms with E-state index in [0.29, 0.717) is 0 Å². The lowest BCUT2D eigenvalue weighted by Gasteiger charge is -2.51. The van der Waals surface area contributed by atoms with E-state index in [1.807, 2.05) is 0 Å². The fourth-order valence-corrected chi connectivity index (χ4v) is 4.59. The second kappa shape index (κ2) is 5.73. The first kappa shape index (κ1) is 13.9. The van der Waals surface area contributed by atoms with Gasteiger partial charge < -0.3 is 4.90 Å². The van der Waals surface area contributed by atoms with Crippen molar-refractivity contribution in [3.05, 3.63) is 0 Å². The van der Waals surface area contributed by atoms with Crippen LogP contribution >= 0.6 is 0 Å². The van der Waals surface area contributed by atoms with Crippen LogP contribution in [0.4, 0.5) is 0 Å². The predicted molar refractivity (Wildman–Crippen MR) is 81.4 cm³/mol. The van der Waals surface area contributed by atoms with Crippen LogP contribution in [0.25, 0.3) is 0 Å². The number of likely N-dealkylation sites (N-methyl/N-ethyl adjacent to an activating group) is 1. The molecule has 0 bridgehead atoms. The predicted octanol–water partition coefficient (Wildman–Crippen LogP) is 3.37. The Morgan fingerprint density at radius 1 is 0.947 bits per heavy atom. The van der Waals surface area contributed by atoms with Crippen LogP contribution in [0.15, 0.2) is 0 Å². The minimum Gasteiger partial charge on any atom is -0.300 e. The van der Waals surface area contributed by atoms with Crippen LogP contribution in [0.3, 0.4) is 0 Å². The van der Waals surface area contributed by atoms with E-state index in [-0.39, 0.29) is 0 Å². The molecule has 3 aliphatic rings. The van der Waals surface area contributed by atoms with Gasteiger partial charge in [-0.15, -0.1) is 0 Å². The molecular weight excluding hydrogens is 232 g/mol. The van der Waals surface area contributed by atoms with Crippen LogP contribution in [0, 0.1) is 11.3 Å². The molecule has 1 saturated carbocycles. The molecule has 0 radical (unpaired) electrons. The lowest BCUT2D eigenvalue weighted by atomic mass is 9.65. The van der Waals surface area contributed by atoms with E-state index >= 15 is 0 Å². The molecule has 2 heterocycles. The minimum absolute atomic E-state index is 0.760. The van der Waals surface area contributed by atoms with Crippen molar-refractivity contribution in [3.63, 3.8) is 0 Å². The number of rotatable bonds is 3. The Labute approximate surface area is 119 Å². The molecule has 1 aliphatic carbocycles. The molecule has 0 atom stereocenters. The summed E-state index contributed by atoms with van der Waals surface area (Å²) in [4.78, 5) is 5.37. The van der Waals surface area contributed by atoms with Gasteiger partial charge in [0.25, 0.3) is 0 Å². The van der Waals surface area contributed by atoms with Gasteiger partial charge in [0, 0.05) is 19.1 Å². The van der Waals surface area contributed by atoms with Gasteiger partial charge in [-0.1, -0.05) is 20.3 Å². The molecule has 19 heavy (non-hydrogen) atoms. The molecule has 2 saturated heterocycles. The lowest BCUT2D eigenvalue weighted by molar-refractivity contribution is -0.0174. The normalized spacial score (nSPS) is 30.6. The Morgan fingerprint density at radius 3 is 2.11 bits per heavy atom. The third-order valence-corrected chi connectivity index (χ3v) is 6.50. The standard InChI is InChI=1S/C17H32N2/c1-3-15-5-7-17(8-6-15)9-11-19(12-10-17)16-13-18(4-2)14-16/h15-16H,3-14H2,1-2H3. The second-order valence-corrected chi connectivity index (χ2v) is 7.39. The molecule has 3 rings (SSSR count). The van der Waals surface area contributed by atoms with E-state index < -0.39 is 0 Å². The molecule has 0 unspecified atom stereocenters. The van der Waals surface area contributed by atoms with Gasteiger partial charge >= 0.3 is 0 Å². The molecule has 110 valence electrons. The second-order valence-electron chi connectivity index (χ2n) is 7.39. The largest absolute Gasteiger partial charge is 0.300 e. The zero-order valence-electron chi connectivity index (χ0n) is 13.0. The van der Waals surface area contributed by atoms with E-state index in [1.54, 1.807) is 0 Å². The summed E-state index contributed by atoms with van der Waals surface area (Å²) in [7, 11) is 0. The third kappa shape index (κ3) is 2.85. The summed E-state index contributed by atoms with van der Waals surface area (Å²) in [5, 5.41) is 0. The number of piperidine rings is 1. The Bertz CT molecular complexity index is 278. The Kier molecular flexibility index (Phi) is 4.19. The monoisotopic (exact) mass is 264 g/mol. The average Bonchev–Trinajstić information content (AvgIpc) is 2.41. The molecule has 0 N–H and O–H groups in total. The molecular formula is C17H32N2. The molecule has 1 spiro atoms. The van der Waals surface area contributed by atoms with Crippen molar-refractivity contribution < 1.29 is 0 Å². The van der Waals surface area contributed by atoms with Gasteiger partial charge in [0.05, 0.1) is 0 Å². The quantitative estimate of drug-likeness (QED) is 0.771. The molecule has 0 aromatic heterocycles. The minimum atomic E-state index is 0.760. The van der Waals surface area contributed by atoms with Gasteiger partial charge in [-0.3, -0.25) is 4.90 Å². The van der Waals surface area contributed by atoms with Crippen molar-refractivity contribution in [2.24, 2.45) is 11.3 Å². The number of likely N-dealkylation sites (tertiary alicyclic amines) is 2. The topological polar surface area (TPSA) is 6.48 Å². The van der Waals surface area contributed by atoms with E-state index in [0.717, 1.165) is 17.4 Å². The van der Waals surface area contributed by atoms with Crippen molar-refractivity contribution in [2.45, 2.75) is 64.8 Å². The van der Waals surface area contributed by atoms with Crippen LogP contribution in [0.1, 0.15) is 58.8 Å². The van der Waals surface area contributed by atoms with Gasteiger partial charge in [0.15, 0.2) is 0 Å². The summed E-state index contributed by atoms with van der Waals surface area (Å²) in [5.41, 5.74) is 0.760. The van der Waals surface area contributed by atoms with E-state index in [1.165, 1.54) is 77.7 Å². The van der Waals surface area contributed by atoms with Gasteiger partial charge in [-0.25, -0.2) is 0 Å². The molecule has 3 fully saturated rings. The van der Waals surface area contributed by atoms with E-state index in [9.17, 15) is 0 Å². The molecule has 0 aromatic carbocycles. The molecule has 2 heteroatoms. The van der Waals surface area contributed by atoms with Crippen molar-refractivity contribution >= 4 is 0 Å². The molecule has 0 aromatic rings. The first-order valence-corrected chi connectivity index (χ1v) is 8.71. The SMILES string of the molecule is CCC1CCC2(CC1)CCN(C1CN(CC)C1)CC2. The molecule has 0 amide bonds. The Balaban J connectivity index is 1.45.